The zero-order chi connectivity index (χ0) is 28.2. The van der Waals surface area contributed by atoms with E-state index in [1.807, 2.05) is 36.4 Å². The Morgan fingerprint density at radius 3 is 2.44 bits per heavy atom. The van der Waals surface area contributed by atoms with Crippen LogP contribution in [0.25, 0.3) is 0 Å². The number of benzene rings is 2. The number of thioether (sulfide) groups is 1. The zero-order valence-corrected chi connectivity index (χ0v) is 23.6. The van der Waals surface area contributed by atoms with Crippen LogP contribution in [0.15, 0.2) is 48.5 Å². The molecule has 0 radical (unpaired) electrons. The second-order valence-electron chi connectivity index (χ2n) is 9.76. The van der Waals surface area contributed by atoms with Gasteiger partial charge in [0, 0.05) is 25.5 Å². The smallest absolute Gasteiger partial charge is 0.370 e. The van der Waals surface area contributed by atoms with Gasteiger partial charge in [0.25, 0.3) is 0 Å². The minimum Gasteiger partial charge on any atom is -0.425 e. The van der Waals surface area contributed by atoms with E-state index in [0.29, 0.717) is 25.8 Å². The number of ether oxygens (including phenoxy) is 3. The van der Waals surface area contributed by atoms with Crippen molar-refractivity contribution in [1.82, 2.24) is 5.32 Å². The Hall–Kier alpha value is -3.28. The van der Waals surface area contributed by atoms with Crippen LogP contribution in [0, 0.1) is 31.1 Å². The summed E-state index contributed by atoms with van der Waals surface area (Å²) in [6.45, 7) is 4.03. The molecule has 8 heteroatoms. The van der Waals surface area contributed by atoms with Gasteiger partial charge in [0.15, 0.2) is 0 Å². The van der Waals surface area contributed by atoms with Crippen LogP contribution in [0.1, 0.15) is 61.0 Å². The van der Waals surface area contributed by atoms with Crippen LogP contribution < -0.4 is 5.32 Å². The highest BCUT2D eigenvalue weighted by atomic mass is 32.2. The molecular weight excluding hydrogens is 514 g/mol. The topological polar surface area (TPSA) is 90.9 Å². The third kappa shape index (κ3) is 9.45. The number of hydrogen-bond acceptors (Lipinski definition) is 7. The fourth-order valence-electron chi connectivity index (χ4n) is 4.76. The van der Waals surface area contributed by atoms with Gasteiger partial charge in [-0.25, -0.2) is 4.79 Å². The van der Waals surface area contributed by atoms with Gasteiger partial charge >= 0.3 is 11.3 Å². The maximum atomic E-state index is 12.7. The van der Waals surface area contributed by atoms with Gasteiger partial charge in [0.2, 0.25) is 12.2 Å². The molecule has 1 aliphatic carbocycles. The fourth-order valence-corrected chi connectivity index (χ4v) is 4.99. The van der Waals surface area contributed by atoms with E-state index < -0.39 is 11.6 Å². The summed E-state index contributed by atoms with van der Waals surface area (Å²) in [6, 6.07) is 15.8. The van der Waals surface area contributed by atoms with Crippen LogP contribution in [-0.4, -0.2) is 42.9 Å². The molecule has 2 aromatic carbocycles. The molecule has 208 valence electrons. The summed E-state index contributed by atoms with van der Waals surface area (Å²) < 4.78 is 16.4. The largest absolute Gasteiger partial charge is 0.425 e. The van der Waals surface area contributed by atoms with E-state index in [9.17, 15) is 14.4 Å². The lowest BCUT2D eigenvalue weighted by Gasteiger charge is -2.28. The number of hydrogen-bond donors (Lipinski definition) is 1. The summed E-state index contributed by atoms with van der Waals surface area (Å²) in [7, 11) is 0. The monoisotopic (exact) mass is 551 g/mol. The maximum absolute atomic E-state index is 12.7. The predicted octanol–water partition coefficient (Wildman–Crippen LogP) is 5.59. The highest BCUT2D eigenvalue weighted by Crippen LogP contribution is 2.30. The molecule has 0 aromatic heterocycles. The molecule has 1 fully saturated rings. The molecule has 2 aromatic rings. The van der Waals surface area contributed by atoms with Crippen LogP contribution in [0.5, 0.6) is 0 Å². The molecular formula is C31H37NO6S. The van der Waals surface area contributed by atoms with Gasteiger partial charge in [-0.1, -0.05) is 48.4 Å². The van der Waals surface area contributed by atoms with Crippen molar-refractivity contribution in [3.05, 3.63) is 70.8 Å². The molecule has 1 amide bonds. The van der Waals surface area contributed by atoms with Crippen molar-refractivity contribution in [3.63, 3.8) is 0 Å². The number of rotatable bonds is 11. The molecule has 39 heavy (non-hydrogen) atoms. The van der Waals surface area contributed by atoms with Crippen LogP contribution in [0.3, 0.4) is 0 Å². The molecule has 7 nitrogen and oxygen atoms in total. The Balaban J connectivity index is 1.47. The number of amides is 1. The van der Waals surface area contributed by atoms with E-state index in [0.717, 1.165) is 46.9 Å². The lowest BCUT2D eigenvalue weighted by atomic mass is 9.82. The first-order valence-corrected chi connectivity index (χ1v) is 14.5. The second kappa shape index (κ2) is 15.3. The Kier molecular flexibility index (Phi) is 11.9. The molecule has 3 rings (SSSR count). The maximum Gasteiger partial charge on any atom is 0.370 e. The lowest BCUT2D eigenvalue weighted by molar-refractivity contribution is -0.170. The third-order valence-corrected chi connectivity index (χ3v) is 7.45. The molecule has 0 spiro atoms. The third-order valence-electron chi connectivity index (χ3n) is 7.02. The van der Waals surface area contributed by atoms with E-state index in [2.05, 4.69) is 30.3 Å². The molecule has 0 aliphatic heterocycles. The Labute approximate surface area is 235 Å². The van der Waals surface area contributed by atoms with Crippen molar-refractivity contribution in [3.8, 4) is 12.3 Å². The van der Waals surface area contributed by atoms with Crippen molar-refractivity contribution in [2.75, 3.05) is 19.4 Å². The van der Waals surface area contributed by atoms with Gasteiger partial charge in [0.05, 0.1) is 12.0 Å². The van der Waals surface area contributed by atoms with Crippen molar-refractivity contribution in [1.29, 1.82) is 0 Å². The predicted molar refractivity (Wildman–Crippen MR) is 152 cm³/mol. The molecule has 1 saturated carbocycles. The summed E-state index contributed by atoms with van der Waals surface area (Å²) in [6.07, 6.45) is 9.61. The summed E-state index contributed by atoms with van der Waals surface area (Å²) in [5.74, 6) is 2.24. The fraction of sp³-hybridized carbons (Fsp3) is 0.452. The lowest BCUT2D eigenvalue weighted by Crippen LogP contribution is -2.35. The van der Waals surface area contributed by atoms with E-state index in [-0.39, 0.29) is 36.4 Å². The summed E-state index contributed by atoms with van der Waals surface area (Å²) in [5.41, 5.74) is 3.94. The standard InChI is InChI=1S/C31H37NO6S/c1-5-24-11-8-9-13-27(24)28(18-26-12-7-6-10-21(26)2)36-20-29(33)32-19-23-14-16-25(17-15-23)30(34)37-22(3)38-31(35)39-4/h1,6-13,22-23,25,28H,14-20H2,2-4H3,(H,32,33). The zero-order valence-electron chi connectivity index (χ0n) is 22.8. The first-order chi connectivity index (χ1) is 18.8. The molecule has 2 atom stereocenters. The van der Waals surface area contributed by atoms with Crippen LogP contribution in [0.2, 0.25) is 0 Å². The SMILES string of the molecule is C#Cc1ccccc1C(Cc1ccccc1C)OCC(=O)NCC1CCC(C(=O)OC(C)OC(=O)SC)CC1. The van der Waals surface area contributed by atoms with Crippen molar-refractivity contribution < 1.29 is 28.6 Å². The average Bonchev–Trinajstić information content (AvgIpc) is 2.95. The summed E-state index contributed by atoms with van der Waals surface area (Å²) >= 11 is 0.926. The quantitative estimate of drug-likeness (QED) is 0.221. The van der Waals surface area contributed by atoms with Crippen LogP contribution >= 0.6 is 11.8 Å². The van der Waals surface area contributed by atoms with Crippen molar-refractivity contribution >= 4 is 28.9 Å². The van der Waals surface area contributed by atoms with Gasteiger partial charge in [-0.05, 0) is 79.3 Å². The van der Waals surface area contributed by atoms with Gasteiger partial charge in [0.1, 0.15) is 6.61 Å². The molecule has 1 aliphatic rings. The summed E-state index contributed by atoms with van der Waals surface area (Å²) in [5, 5.41) is 2.50. The Morgan fingerprint density at radius 2 is 1.74 bits per heavy atom. The van der Waals surface area contributed by atoms with Gasteiger partial charge in [-0.15, -0.1) is 6.42 Å². The number of nitrogens with one attached hydrogen (secondary N) is 1. The normalized spacial score (nSPS) is 18.3. The van der Waals surface area contributed by atoms with E-state index in [1.54, 1.807) is 6.26 Å². The first kappa shape index (κ1) is 30.3. The molecule has 0 saturated heterocycles. The van der Waals surface area contributed by atoms with Crippen molar-refractivity contribution in [2.24, 2.45) is 11.8 Å². The summed E-state index contributed by atoms with van der Waals surface area (Å²) in [4.78, 5) is 36.4. The minimum atomic E-state index is -0.906. The van der Waals surface area contributed by atoms with Gasteiger partial charge in [-0.2, -0.15) is 0 Å². The highest BCUT2D eigenvalue weighted by molar-refractivity contribution is 8.12. The average molecular weight is 552 g/mol. The first-order valence-electron chi connectivity index (χ1n) is 13.2. The van der Waals surface area contributed by atoms with Crippen LogP contribution in [-0.2, 0) is 30.2 Å². The number of carbonyl (C=O) groups is 3. The van der Waals surface area contributed by atoms with Gasteiger partial charge < -0.3 is 19.5 Å². The number of esters is 1. The number of terminal acetylenes is 1. The van der Waals surface area contributed by atoms with Crippen LogP contribution in [0.4, 0.5) is 4.79 Å². The minimum absolute atomic E-state index is 0.0796. The number of aryl methyl sites for hydroxylation is 1. The molecule has 0 heterocycles. The Bertz CT molecular complexity index is 1170. The molecule has 2 unspecified atom stereocenters. The van der Waals surface area contributed by atoms with E-state index in [4.69, 9.17) is 20.6 Å². The molecule has 1 N–H and O–H groups in total. The van der Waals surface area contributed by atoms with E-state index >= 15 is 0 Å². The molecule has 0 bridgehead atoms. The Morgan fingerprint density at radius 1 is 1.05 bits per heavy atom. The number of carbonyl (C=O) groups excluding carboxylic acids is 3. The highest BCUT2D eigenvalue weighted by Gasteiger charge is 2.29. The van der Waals surface area contributed by atoms with Gasteiger partial charge in [-0.3, -0.25) is 9.59 Å². The van der Waals surface area contributed by atoms with Crippen molar-refractivity contribution in [2.45, 2.75) is 58.3 Å². The second-order valence-corrected chi connectivity index (χ2v) is 10.5. The van der Waals surface area contributed by atoms with E-state index in [1.165, 1.54) is 6.92 Å².